The smallest absolute Gasteiger partial charge is 0.172 e. The normalized spacial score (nSPS) is 10.9. The van der Waals surface area contributed by atoms with Gasteiger partial charge in [-0.2, -0.15) is 5.10 Å². The lowest BCUT2D eigenvalue weighted by Gasteiger charge is -2.08. The van der Waals surface area contributed by atoms with Crippen LogP contribution in [0.4, 0.5) is 5.69 Å². The van der Waals surface area contributed by atoms with Crippen LogP contribution >= 0.6 is 27.5 Å². The summed E-state index contributed by atoms with van der Waals surface area (Å²) in [5.41, 5.74) is 5.52. The Hall–Kier alpha value is -1.72. The number of anilines is 1. The zero-order valence-corrected chi connectivity index (χ0v) is 14.6. The van der Waals surface area contributed by atoms with Gasteiger partial charge < -0.3 is 9.84 Å². The minimum absolute atomic E-state index is 0.0808. The van der Waals surface area contributed by atoms with Crippen molar-refractivity contribution in [2.45, 2.75) is 13.8 Å². The quantitative estimate of drug-likeness (QED) is 0.566. The Morgan fingerprint density at radius 1 is 1.36 bits per heavy atom. The summed E-state index contributed by atoms with van der Waals surface area (Å²) in [6, 6.07) is 9.11. The van der Waals surface area contributed by atoms with Crippen LogP contribution in [0.2, 0.25) is 5.02 Å². The van der Waals surface area contributed by atoms with Gasteiger partial charge in [0, 0.05) is 5.02 Å². The molecular weight excluding hydrogens is 368 g/mol. The van der Waals surface area contributed by atoms with Crippen LogP contribution in [0, 0.1) is 6.92 Å². The number of hydrazone groups is 1. The van der Waals surface area contributed by atoms with Crippen molar-refractivity contribution in [3.8, 4) is 11.5 Å². The molecule has 22 heavy (non-hydrogen) atoms. The highest BCUT2D eigenvalue weighted by molar-refractivity contribution is 9.10. The molecule has 0 bridgehead atoms. The summed E-state index contributed by atoms with van der Waals surface area (Å²) in [6.07, 6.45) is 1.64. The van der Waals surface area contributed by atoms with Crippen LogP contribution in [0.25, 0.3) is 0 Å². The molecule has 0 heterocycles. The number of nitrogens with one attached hydrogen (secondary N) is 1. The van der Waals surface area contributed by atoms with E-state index in [-0.39, 0.29) is 5.75 Å². The molecule has 0 saturated heterocycles. The summed E-state index contributed by atoms with van der Waals surface area (Å²) < 4.78 is 5.93. The fourth-order valence-electron chi connectivity index (χ4n) is 1.78. The molecule has 0 aromatic heterocycles. The second kappa shape index (κ2) is 7.51. The van der Waals surface area contributed by atoms with Crippen molar-refractivity contribution in [3.63, 3.8) is 0 Å². The van der Waals surface area contributed by atoms with E-state index in [1.807, 2.05) is 32.0 Å². The van der Waals surface area contributed by atoms with Gasteiger partial charge in [0.15, 0.2) is 11.5 Å². The van der Waals surface area contributed by atoms with Gasteiger partial charge >= 0.3 is 0 Å². The first-order valence-electron chi connectivity index (χ1n) is 6.71. The number of hydrogen-bond donors (Lipinski definition) is 2. The van der Waals surface area contributed by atoms with Crippen LogP contribution in [-0.2, 0) is 0 Å². The number of halogens is 2. The Morgan fingerprint density at radius 3 is 2.82 bits per heavy atom. The summed E-state index contributed by atoms with van der Waals surface area (Å²) in [5, 5.41) is 14.7. The van der Waals surface area contributed by atoms with Gasteiger partial charge in [-0.3, -0.25) is 5.43 Å². The van der Waals surface area contributed by atoms with Crippen molar-refractivity contribution in [2.24, 2.45) is 5.10 Å². The maximum Gasteiger partial charge on any atom is 0.172 e. The van der Waals surface area contributed by atoms with Crippen LogP contribution in [-0.4, -0.2) is 17.9 Å². The highest BCUT2D eigenvalue weighted by Gasteiger charge is 2.08. The van der Waals surface area contributed by atoms with Gasteiger partial charge in [-0.1, -0.05) is 17.7 Å². The molecule has 2 aromatic carbocycles. The summed E-state index contributed by atoms with van der Waals surface area (Å²) in [6.45, 7) is 4.27. The summed E-state index contributed by atoms with van der Waals surface area (Å²) in [5.74, 6) is 0.494. The van der Waals surface area contributed by atoms with Gasteiger partial charge in [-0.15, -0.1) is 0 Å². The second-order valence-corrected chi connectivity index (χ2v) is 5.88. The molecule has 116 valence electrons. The number of benzene rings is 2. The molecule has 0 amide bonds. The highest BCUT2D eigenvalue weighted by atomic mass is 79.9. The van der Waals surface area contributed by atoms with Gasteiger partial charge in [0.1, 0.15) is 0 Å². The van der Waals surface area contributed by atoms with Gasteiger partial charge in [0.2, 0.25) is 0 Å². The molecule has 2 aromatic rings. The zero-order valence-electron chi connectivity index (χ0n) is 12.2. The molecule has 0 saturated carbocycles. The van der Waals surface area contributed by atoms with Crippen LogP contribution in [0.5, 0.6) is 11.5 Å². The Bertz CT molecular complexity index is 705. The lowest BCUT2D eigenvalue weighted by atomic mass is 10.2. The van der Waals surface area contributed by atoms with E-state index in [1.54, 1.807) is 18.3 Å². The summed E-state index contributed by atoms with van der Waals surface area (Å²) >= 11 is 9.35. The molecule has 0 spiro atoms. The number of ether oxygens (including phenoxy) is 1. The van der Waals surface area contributed by atoms with Crippen molar-refractivity contribution >= 4 is 39.4 Å². The molecule has 0 aliphatic carbocycles. The number of aryl methyl sites for hydroxylation is 1. The van der Waals surface area contributed by atoms with E-state index in [9.17, 15) is 5.11 Å². The number of hydrogen-bond acceptors (Lipinski definition) is 4. The summed E-state index contributed by atoms with van der Waals surface area (Å²) in [7, 11) is 0. The molecular formula is C16H16BrClN2O2. The molecule has 0 aliphatic rings. The minimum Gasteiger partial charge on any atom is -0.503 e. The lowest BCUT2D eigenvalue weighted by molar-refractivity contribution is 0.317. The second-order valence-electron chi connectivity index (χ2n) is 4.62. The number of nitrogens with zero attached hydrogens (tertiary/aromatic N) is 1. The van der Waals surface area contributed by atoms with Crippen LogP contribution in [0.3, 0.4) is 0 Å². The van der Waals surface area contributed by atoms with Gasteiger partial charge in [-0.05, 0) is 65.2 Å². The molecule has 0 unspecified atom stereocenters. The standard InChI is InChI=1S/C16H16BrClN2O2/c1-3-22-15-7-11(6-13(17)16(15)21)9-19-20-12-5-4-10(2)14(18)8-12/h4-9,20-21H,3H2,1-2H3/b19-9+. The monoisotopic (exact) mass is 382 g/mol. The summed E-state index contributed by atoms with van der Waals surface area (Å²) in [4.78, 5) is 0. The van der Waals surface area contributed by atoms with Crippen molar-refractivity contribution in [3.05, 3.63) is 51.0 Å². The minimum atomic E-state index is 0.0808. The zero-order chi connectivity index (χ0) is 16.1. The molecule has 2 rings (SSSR count). The van der Waals surface area contributed by atoms with E-state index in [2.05, 4.69) is 26.5 Å². The molecule has 0 atom stereocenters. The van der Waals surface area contributed by atoms with Crippen LogP contribution < -0.4 is 10.2 Å². The Kier molecular flexibility index (Phi) is 5.69. The molecule has 0 radical (unpaired) electrons. The van der Waals surface area contributed by atoms with E-state index in [0.717, 1.165) is 16.8 Å². The largest absolute Gasteiger partial charge is 0.503 e. The van der Waals surface area contributed by atoms with Crippen molar-refractivity contribution in [1.82, 2.24) is 0 Å². The number of rotatable bonds is 5. The third-order valence-corrected chi connectivity index (χ3v) is 3.94. The first-order chi connectivity index (χ1) is 10.5. The average molecular weight is 384 g/mol. The maximum atomic E-state index is 9.87. The van der Waals surface area contributed by atoms with E-state index >= 15 is 0 Å². The Balaban J connectivity index is 2.14. The SMILES string of the molecule is CCOc1cc(/C=N/Nc2ccc(C)c(Cl)c2)cc(Br)c1O. The predicted molar refractivity (Wildman–Crippen MR) is 94.4 cm³/mol. The lowest BCUT2D eigenvalue weighted by Crippen LogP contribution is -1.95. The molecule has 0 fully saturated rings. The number of phenolic OH excluding ortho intramolecular Hbond substituents is 1. The van der Waals surface area contributed by atoms with Crippen molar-refractivity contribution in [2.75, 3.05) is 12.0 Å². The molecule has 0 aliphatic heterocycles. The molecule has 2 N–H and O–H groups in total. The van der Waals surface area contributed by atoms with Gasteiger partial charge in [0.25, 0.3) is 0 Å². The van der Waals surface area contributed by atoms with Crippen molar-refractivity contribution in [1.29, 1.82) is 0 Å². The van der Waals surface area contributed by atoms with E-state index < -0.39 is 0 Å². The fourth-order valence-corrected chi connectivity index (χ4v) is 2.42. The van der Waals surface area contributed by atoms with E-state index in [1.165, 1.54) is 0 Å². The highest BCUT2D eigenvalue weighted by Crippen LogP contribution is 2.35. The first kappa shape index (κ1) is 16.6. The van der Waals surface area contributed by atoms with Gasteiger partial charge in [-0.25, -0.2) is 0 Å². The number of phenols is 1. The third-order valence-electron chi connectivity index (χ3n) is 2.93. The van der Waals surface area contributed by atoms with Gasteiger partial charge in [0.05, 0.1) is 23.0 Å². The topological polar surface area (TPSA) is 53.8 Å². The average Bonchev–Trinajstić information content (AvgIpc) is 2.48. The maximum absolute atomic E-state index is 9.87. The van der Waals surface area contributed by atoms with E-state index in [0.29, 0.717) is 21.9 Å². The Labute approximate surface area is 142 Å². The first-order valence-corrected chi connectivity index (χ1v) is 7.89. The molecule has 6 heteroatoms. The van der Waals surface area contributed by atoms with Crippen molar-refractivity contribution < 1.29 is 9.84 Å². The predicted octanol–water partition coefficient (Wildman–Crippen LogP) is 4.96. The van der Waals surface area contributed by atoms with E-state index in [4.69, 9.17) is 16.3 Å². The van der Waals surface area contributed by atoms with Crippen LogP contribution in [0.1, 0.15) is 18.1 Å². The van der Waals surface area contributed by atoms with Crippen LogP contribution in [0.15, 0.2) is 39.9 Å². The Morgan fingerprint density at radius 2 is 2.14 bits per heavy atom. The number of aromatic hydroxyl groups is 1. The third kappa shape index (κ3) is 4.15. The fraction of sp³-hybridized carbons (Fsp3) is 0.188. The molecule has 4 nitrogen and oxygen atoms in total.